The molecule has 2 atom stereocenters. The van der Waals surface area contributed by atoms with Gasteiger partial charge in [-0.2, -0.15) is 5.06 Å². The zero-order valence-electron chi connectivity index (χ0n) is 20.4. The van der Waals surface area contributed by atoms with E-state index < -0.39 is 5.60 Å². The molecule has 4 heterocycles. The van der Waals surface area contributed by atoms with Crippen molar-refractivity contribution in [3.63, 3.8) is 0 Å². The second-order valence-electron chi connectivity index (χ2n) is 10.1. The number of hydrogen-bond donors (Lipinski definition) is 0. The monoisotopic (exact) mass is 484 g/mol. The van der Waals surface area contributed by atoms with Crippen LogP contribution in [-0.2, 0) is 16.2 Å². The average Bonchev–Trinajstić information content (AvgIpc) is 3.42. The Morgan fingerprint density at radius 3 is 2.54 bits per heavy atom. The lowest BCUT2D eigenvalue weighted by Crippen LogP contribution is -2.50. The molecule has 11 nitrogen and oxygen atoms in total. The maximum absolute atomic E-state index is 13.1. The fourth-order valence-corrected chi connectivity index (χ4v) is 4.67. The Hall–Kier alpha value is -3.34. The molecule has 0 radical (unpaired) electrons. The Balaban J connectivity index is 1.18. The molecule has 0 unspecified atom stereocenters. The zero-order valence-corrected chi connectivity index (χ0v) is 20.4. The van der Waals surface area contributed by atoms with Gasteiger partial charge in [0.05, 0.1) is 6.04 Å². The first-order valence-electron chi connectivity index (χ1n) is 12.1. The summed E-state index contributed by atoms with van der Waals surface area (Å²) in [7, 11) is 0. The van der Waals surface area contributed by atoms with E-state index in [0.717, 1.165) is 18.4 Å². The third-order valence-corrected chi connectivity index (χ3v) is 6.45. The summed E-state index contributed by atoms with van der Waals surface area (Å²) in [4.78, 5) is 36.7. The highest BCUT2D eigenvalue weighted by molar-refractivity contribution is 5.77. The summed E-state index contributed by atoms with van der Waals surface area (Å²) in [6.07, 6.45) is 1.22. The van der Waals surface area contributed by atoms with Gasteiger partial charge in [0, 0.05) is 32.7 Å². The van der Waals surface area contributed by atoms with Crippen molar-refractivity contribution in [1.29, 1.82) is 0 Å². The van der Waals surface area contributed by atoms with E-state index in [2.05, 4.69) is 10.2 Å². The minimum atomic E-state index is -0.524. The van der Waals surface area contributed by atoms with Gasteiger partial charge in [-0.3, -0.25) is 4.84 Å². The Kier molecular flexibility index (Phi) is 6.26. The summed E-state index contributed by atoms with van der Waals surface area (Å²) >= 11 is 0. The Morgan fingerprint density at radius 1 is 1.09 bits per heavy atom. The van der Waals surface area contributed by atoms with Crippen LogP contribution in [0.25, 0.3) is 0 Å². The number of carbonyl (C=O) groups excluding carboxylic acids is 2. The Morgan fingerprint density at radius 2 is 1.83 bits per heavy atom. The minimum Gasteiger partial charge on any atom is -0.444 e. The summed E-state index contributed by atoms with van der Waals surface area (Å²) in [5.41, 5.74) is 0.491. The minimum absolute atomic E-state index is 0.0192. The van der Waals surface area contributed by atoms with Gasteiger partial charge in [-0.1, -0.05) is 35.4 Å². The molecule has 188 valence electrons. The maximum atomic E-state index is 13.1. The predicted molar refractivity (Wildman–Crippen MR) is 125 cm³/mol. The van der Waals surface area contributed by atoms with E-state index in [1.807, 2.05) is 56.0 Å². The van der Waals surface area contributed by atoms with E-state index in [1.165, 1.54) is 5.06 Å². The molecule has 2 aromatic rings. The third kappa shape index (κ3) is 5.04. The smallest absolute Gasteiger partial charge is 0.410 e. The fourth-order valence-electron chi connectivity index (χ4n) is 4.67. The number of piperazine rings is 1. The summed E-state index contributed by atoms with van der Waals surface area (Å²) in [5.74, 6) is 0.436. The van der Waals surface area contributed by atoms with E-state index >= 15 is 0 Å². The Labute approximate surface area is 204 Å². The van der Waals surface area contributed by atoms with E-state index in [9.17, 15) is 9.59 Å². The van der Waals surface area contributed by atoms with Crippen molar-refractivity contribution in [2.45, 2.75) is 57.9 Å². The van der Waals surface area contributed by atoms with Crippen molar-refractivity contribution in [1.82, 2.24) is 25.1 Å². The lowest BCUT2D eigenvalue weighted by Gasteiger charge is -2.34. The van der Waals surface area contributed by atoms with Gasteiger partial charge in [-0.15, -0.1) is 5.10 Å². The molecular weight excluding hydrogens is 452 g/mol. The standard InChI is InChI=1S/C24H32N6O5/c1-24(2,3)35-23(32)28-13-11-27(12-14-28)21-26-25-20(34-21)19-10-9-18-15-29(19)22(31)30(18)33-16-17-7-5-4-6-8-17/h4-8,18-19H,9-16H2,1-3H3/t18-,19+/m1/s1. The number of fused-ring (bicyclic) bond motifs is 2. The lowest BCUT2D eigenvalue weighted by molar-refractivity contribution is -0.140. The first kappa shape index (κ1) is 23.4. The van der Waals surface area contributed by atoms with Gasteiger partial charge in [0.2, 0.25) is 5.89 Å². The van der Waals surface area contributed by atoms with Crippen LogP contribution < -0.4 is 4.90 Å². The van der Waals surface area contributed by atoms with E-state index in [4.69, 9.17) is 14.0 Å². The van der Waals surface area contributed by atoms with Crippen LogP contribution in [0.15, 0.2) is 34.7 Å². The number of benzene rings is 1. The van der Waals surface area contributed by atoms with Crippen LogP contribution in [0.1, 0.15) is 51.1 Å². The van der Waals surface area contributed by atoms with Crippen molar-refractivity contribution in [2.75, 3.05) is 37.6 Å². The first-order valence-corrected chi connectivity index (χ1v) is 12.1. The third-order valence-electron chi connectivity index (χ3n) is 6.45. The second kappa shape index (κ2) is 9.37. The van der Waals surface area contributed by atoms with Crippen molar-refractivity contribution >= 4 is 18.1 Å². The molecule has 0 N–H and O–H groups in total. The number of ether oxygens (including phenoxy) is 1. The number of piperidine rings is 1. The summed E-state index contributed by atoms with van der Waals surface area (Å²) < 4.78 is 11.5. The summed E-state index contributed by atoms with van der Waals surface area (Å²) in [6, 6.07) is 9.80. The number of aromatic nitrogens is 2. The molecule has 5 rings (SSSR count). The van der Waals surface area contributed by atoms with Crippen LogP contribution in [0, 0.1) is 0 Å². The van der Waals surface area contributed by atoms with Gasteiger partial charge in [0.15, 0.2) is 0 Å². The number of anilines is 1. The molecule has 3 saturated heterocycles. The molecule has 3 aliphatic rings. The predicted octanol–water partition coefficient (Wildman–Crippen LogP) is 3.20. The number of rotatable bonds is 5. The number of nitrogens with zero attached hydrogens (tertiary/aromatic N) is 6. The molecule has 0 spiro atoms. The second-order valence-corrected chi connectivity index (χ2v) is 10.1. The van der Waals surface area contributed by atoms with E-state index in [0.29, 0.717) is 51.2 Å². The van der Waals surface area contributed by atoms with Crippen molar-refractivity contribution in [3.05, 3.63) is 41.8 Å². The molecule has 0 saturated carbocycles. The van der Waals surface area contributed by atoms with Crippen LogP contribution in [0.3, 0.4) is 0 Å². The van der Waals surface area contributed by atoms with Crippen LogP contribution in [0.2, 0.25) is 0 Å². The molecule has 3 aliphatic heterocycles. The number of amides is 3. The summed E-state index contributed by atoms with van der Waals surface area (Å²) in [5, 5.41) is 10.0. The van der Waals surface area contributed by atoms with Crippen LogP contribution in [0.4, 0.5) is 15.6 Å². The molecule has 3 amide bonds. The van der Waals surface area contributed by atoms with Gasteiger partial charge < -0.3 is 23.9 Å². The normalized spacial score (nSPS) is 22.7. The number of hydrogen-bond acceptors (Lipinski definition) is 8. The van der Waals surface area contributed by atoms with Crippen molar-refractivity contribution in [3.8, 4) is 0 Å². The van der Waals surface area contributed by atoms with Crippen LogP contribution >= 0.6 is 0 Å². The van der Waals surface area contributed by atoms with Crippen LogP contribution in [-0.4, -0.2) is 81.6 Å². The lowest BCUT2D eigenvalue weighted by atomic mass is 10.0. The highest BCUT2D eigenvalue weighted by atomic mass is 16.7. The number of carbonyl (C=O) groups is 2. The van der Waals surface area contributed by atoms with Gasteiger partial charge in [-0.25, -0.2) is 9.59 Å². The number of hydroxylamine groups is 2. The van der Waals surface area contributed by atoms with Crippen molar-refractivity contribution in [2.24, 2.45) is 0 Å². The molecule has 1 aromatic heterocycles. The zero-order chi connectivity index (χ0) is 24.6. The van der Waals surface area contributed by atoms with E-state index in [1.54, 1.807) is 9.80 Å². The molecular formula is C24H32N6O5. The van der Waals surface area contributed by atoms with Gasteiger partial charge >= 0.3 is 18.1 Å². The quantitative estimate of drug-likeness (QED) is 0.637. The number of urea groups is 1. The first-order chi connectivity index (χ1) is 16.8. The highest BCUT2D eigenvalue weighted by Gasteiger charge is 2.48. The van der Waals surface area contributed by atoms with Crippen LogP contribution in [0.5, 0.6) is 0 Å². The van der Waals surface area contributed by atoms with Gasteiger partial charge in [0.25, 0.3) is 0 Å². The fraction of sp³-hybridized carbons (Fsp3) is 0.583. The SMILES string of the molecule is CC(C)(C)OC(=O)N1CCN(c2nnc([C@@H]3CC[C@@H]4CN3C(=O)N4OCc3ccccc3)o2)CC1. The Bertz CT molecular complexity index is 1050. The van der Waals surface area contributed by atoms with E-state index in [-0.39, 0.29) is 24.2 Å². The summed E-state index contributed by atoms with van der Waals surface area (Å²) in [6.45, 7) is 8.64. The van der Waals surface area contributed by atoms with Gasteiger partial charge in [-0.05, 0) is 39.2 Å². The molecule has 2 bridgehead atoms. The highest BCUT2D eigenvalue weighted by Crippen LogP contribution is 2.38. The largest absolute Gasteiger partial charge is 0.444 e. The van der Waals surface area contributed by atoms with Crippen molar-refractivity contribution < 1.29 is 23.6 Å². The topological polar surface area (TPSA) is 104 Å². The van der Waals surface area contributed by atoms with Gasteiger partial charge in [0.1, 0.15) is 18.2 Å². The molecule has 11 heteroatoms. The molecule has 35 heavy (non-hydrogen) atoms. The maximum Gasteiger partial charge on any atom is 0.410 e. The molecule has 3 fully saturated rings. The average molecular weight is 485 g/mol. The molecule has 1 aromatic carbocycles. The molecule has 0 aliphatic carbocycles.